The fraction of sp³-hybridized carbons (Fsp3) is 0.944. The summed E-state index contributed by atoms with van der Waals surface area (Å²) in [5.74, 6) is 3.52. The topological polar surface area (TPSA) is 32.8 Å². The van der Waals surface area contributed by atoms with Crippen molar-refractivity contribution in [2.75, 3.05) is 50.9 Å². The zero-order valence-electron chi connectivity index (χ0n) is 14.4. The maximum atomic E-state index is 12.8. The average molecular weight is 341 g/mol. The number of thioether (sulfide) groups is 1. The number of rotatable bonds is 6. The van der Waals surface area contributed by atoms with Crippen molar-refractivity contribution in [1.29, 1.82) is 0 Å². The van der Waals surface area contributed by atoms with E-state index < -0.39 is 0 Å². The van der Waals surface area contributed by atoms with Crippen LogP contribution in [0.25, 0.3) is 0 Å². The summed E-state index contributed by atoms with van der Waals surface area (Å²) in [6, 6.07) is 0.182. The lowest BCUT2D eigenvalue weighted by molar-refractivity contribution is -0.135. The Morgan fingerprint density at radius 2 is 1.83 bits per heavy atom. The number of nitrogens with zero attached hydrogens (tertiary/aromatic N) is 2. The number of amides is 1. The van der Waals surface area contributed by atoms with Gasteiger partial charge in [-0.05, 0) is 51.1 Å². The van der Waals surface area contributed by atoms with Crippen LogP contribution in [-0.2, 0) is 9.53 Å². The quantitative estimate of drug-likeness (QED) is 0.696. The van der Waals surface area contributed by atoms with Gasteiger partial charge < -0.3 is 9.64 Å². The highest BCUT2D eigenvalue weighted by molar-refractivity contribution is 7.99. The zero-order chi connectivity index (χ0) is 15.9. The van der Waals surface area contributed by atoms with Crippen molar-refractivity contribution in [3.05, 3.63) is 0 Å². The number of unbranched alkanes of at least 4 members (excludes halogenated alkanes) is 1. The predicted octanol–water partition coefficient (Wildman–Crippen LogP) is 2.62. The molecule has 0 aromatic heterocycles. The van der Waals surface area contributed by atoms with Crippen LogP contribution < -0.4 is 0 Å². The Balaban J connectivity index is 1.37. The average Bonchev–Trinajstić information content (AvgIpc) is 3.08. The summed E-state index contributed by atoms with van der Waals surface area (Å²) in [6.45, 7) is 6.07. The molecular formula is C18H32N2O2S. The van der Waals surface area contributed by atoms with Crippen LogP contribution in [0.3, 0.4) is 0 Å². The molecule has 0 bridgehead atoms. The second kappa shape index (κ2) is 9.28. The molecule has 4 nitrogen and oxygen atoms in total. The Kier molecular flexibility index (Phi) is 7.09. The molecule has 3 aliphatic heterocycles. The highest BCUT2D eigenvalue weighted by Crippen LogP contribution is 2.24. The molecule has 0 unspecified atom stereocenters. The van der Waals surface area contributed by atoms with E-state index >= 15 is 0 Å². The summed E-state index contributed by atoms with van der Waals surface area (Å²) in [6.07, 6.45) is 8.66. The van der Waals surface area contributed by atoms with Gasteiger partial charge in [0.05, 0.1) is 6.04 Å². The van der Waals surface area contributed by atoms with Crippen LogP contribution in [0.5, 0.6) is 0 Å². The van der Waals surface area contributed by atoms with E-state index in [1.807, 2.05) is 11.8 Å². The van der Waals surface area contributed by atoms with Gasteiger partial charge in [0.1, 0.15) is 0 Å². The van der Waals surface area contributed by atoms with Crippen molar-refractivity contribution in [3.63, 3.8) is 0 Å². The number of carbonyl (C=O) groups excluding carboxylic acids is 1. The first-order chi connectivity index (χ1) is 11.3. The fourth-order valence-corrected chi connectivity index (χ4v) is 5.05. The summed E-state index contributed by atoms with van der Waals surface area (Å²) in [4.78, 5) is 17.3. The van der Waals surface area contributed by atoms with E-state index in [1.54, 1.807) is 0 Å². The molecule has 1 atom stereocenters. The minimum Gasteiger partial charge on any atom is -0.381 e. The second-order valence-corrected chi connectivity index (χ2v) is 8.41. The number of likely N-dealkylation sites (tertiary alicyclic amines) is 1. The minimum atomic E-state index is 0.182. The van der Waals surface area contributed by atoms with Gasteiger partial charge in [0.15, 0.2) is 0 Å². The van der Waals surface area contributed by atoms with E-state index in [2.05, 4.69) is 9.80 Å². The van der Waals surface area contributed by atoms with Gasteiger partial charge in [0.2, 0.25) is 5.91 Å². The van der Waals surface area contributed by atoms with Gasteiger partial charge in [0.25, 0.3) is 0 Å². The summed E-state index contributed by atoms with van der Waals surface area (Å²) in [5.41, 5.74) is 0. The summed E-state index contributed by atoms with van der Waals surface area (Å²) in [5, 5.41) is 0. The van der Waals surface area contributed by atoms with Crippen LogP contribution in [0.2, 0.25) is 0 Å². The lowest BCUT2D eigenvalue weighted by Gasteiger charge is -2.32. The molecule has 132 valence electrons. The number of hydrogen-bond donors (Lipinski definition) is 0. The van der Waals surface area contributed by atoms with Crippen LogP contribution in [0.15, 0.2) is 0 Å². The van der Waals surface area contributed by atoms with Crippen LogP contribution in [0.1, 0.15) is 44.9 Å². The van der Waals surface area contributed by atoms with E-state index in [0.717, 1.165) is 63.2 Å². The van der Waals surface area contributed by atoms with E-state index in [-0.39, 0.29) is 6.04 Å². The molecule has 23 heavy (non-hydrogen) atoms. The van der Waals surface area contributed by atoms with Crippen molar-refractivity contribution >= 4 is 17.7 Å². The molecule has 0 N–H and O–H groups in total. The van der Waals surface area contributed by atoms with Crippen molar-refractivity contribution < 1.29 is 9.53 Å². The minimum absolute atomic E-state index is 0.182. The smallest absolute Gasteiger partial charge is 0.239 e. The van der Waals surface area contributed by atoms with Gasteiger partial charge >= 0.3 is 0 Å². The Morgan fingerprint density at radius 1 is 1.04 bits per heavy atom. The lowest BCUT2D eigenvalue weighted by Crippen LogP contribution is -2.48. The summed E-state index contributed by atoms with van der Waals surface area (Å²) in [7, 11) is 0. The molecule has 0 saturated carbocycles. The number of carbonyl (C=O) groups is 1. The van der Waals surface area contributed by atoms with Gasteiger partial charge in [-0.2, -0.15) is 11.8 Å². The first kappa shape index (κ1) is 17.6. The lowest BCUT2D eigenvalue weighted by atomic mass is 9.94. The van der Waals surface area contributed by atoms with Gasteiger partial charge in [0, 0.05) is 37.8 Å². The SMILES string of the molecule is O=C([C@@H]1CCCN1CCCCC1CCOCC1)N1CCSCC1. The van der Waals surface area contributed by atoms with Crippen molar-refractivity contribution in [2.45, 2.75) is 51.0 Å². The first-order valence-corrected chi connectivity index (χ1v) is 10.7. The van der Waals surface area contributed by atoms with Crippen molar-refractivity contribution in [2.24, 2.45) is 5.92 Å². The molecule has 3 fully saturated rings. The Hall–Kier alpha value is -0.260. The Labute approximate surface area is 145 Å². The van der Waals surface area contributed by atoms with Crippen molar-refractivity contribution in [3.8, 4) is 0 Å². The molecule has 1 amide bonds. The molecule has 0 radical (unpaired) electrons. The number of ether oxygens (including phenoxy) is 1. The molecule has 3 saturated heterocycles. The third kappa shape index (κ3) is 5.10. The van der Waals surface area contributed by atoms with Gasteiger partial charge in [-0.25, -0.2) is 0 Å². The summed E-state index contributed by atoms with van der Waals surface area (Å²) >= 11 is 1.97. The second-order valence-electron chi connectivity index (χ2n) is 7.18. The first-order valence-electron chi connectivity index (χ1n) is 9.53. The molecule has 0 spiro atoms. The summed E-state index contributed by atoms with van der Waals surface area (Å²) < 4.78 is 5.43. The largest absolute Gasteiger partial charge is 0.381 e. The molecule has 3 heterocycles. The molecule has 0 aromatic rings. The molecular weight excluding hydrogens is 308 g/mol. The normalized spacial score (nSPS) is 27.5. The van der Waals surface area contributed by atoms with Crippen LogP contribution in [-0.4, -0.2) is 72.6 Å². The van der Waals surface area contributed by atoms with Crippen LogP contribution in [0.4, 0.5) is 0 Å². The maximum absolute atomic E-state index is 12.8. The van der Waals surface area contributed by atoms with E-state index in [0.29, 0.717) is 5.91 Å². The number of hydrogen-bond acceptors (Lipinski definition) is 4. The third-order valence-electron chi connectivity index (χ3n) is 5.62. The van der Waals surface area contributed by atoms with Crippen LogP contribution >= 0.6 is 11.8 Å². The zero-order valence-corrected chi connectivity index (χ0v) is 15.2. The highest BCUT2D eigenvalue weighted by Gasteiger charge is 2.33. The van der Waals surface area contributed by atoms with Gasteiger partial charge in [-0.15, -0.1) is 0 Å². The molecule has 3 aliphatic rings. The fourth-order valence-electron chi connectivity index (χ4n) is 4.15. The molecule has 3 rings (SSSR count). The highest BCUT2D eigenvalue weighted by atomic mass is 32.2. The standard InChI is InChI=1S/C18H32N2O2S/c21-18(20-10-14-23-15-11-20)17-5-3-9-19(17)8-2-1-4-16-6-12-22-13-7-16/h16-17H,1-15H2/t17-/m0/s1. The van der Waals surface area contributed by atoms with Gasteiger partial charge in [-0.1, -0.05) is 12.8 Å². The molecule has 5 heteroatoms. The van der Waals surface area contributed by atoms with E-state index in [4.69, 9.17) is 4.74 Å². The van der Waals surface area contributed by atoms with E-state index in [1.165, 1.54) is 38.5 Å². The van der Waals surface area contributed by atoms with Crippen molar-refractivity contribution in [1.82, 2.24) is 9.80 Å². The van der Waals surface area contributed by atoms with Gasteiger partial charge in [-0.3, -0.25) is 9.69 Å². The molecule has 0 aromatic carbocycles. The van der Waals surface area contributed by atoms with E-state index in [9.17, 15) is 4.79 Å². The Morgan fingerprint density at radius 3 is 2.61 bits per heavy atom. The maximum Gasteiger partial charge on any atom is 0.239 e. The Bertz CT molecular complexity index is 368. The molecule has 0 aliphatic carbocycles. The predicted molar refractivity (Wildman–Crippen MR) is 95.9 cm³/mol. The van der Waals surface area contributed by atoms with Crippen LogP contribution in [0, 0.1) is 5.92 Å². The third-order valence-corrected chi connectivity index (χ3v) is 6.56. The monoisotopic (exact) mass is 340 g/mol.